The number of hydrogen-bond acceptors (Lipinski definition) is 5. The van der Waals surface area contributed by atoms with Crippen LogP contribution in [-0.2, 0) is 10.0 Å². The lowest BCUT2D eigenvalue weighted by Gasteiger charge is -2.34. The molecule has 0 atom stereocenters. The van der Waals surface area contributed by atoms with Crippen LogP contribution in [0.5, 0.6) is 11.5 Å². The number of hydrogen-bond donors (Lipinski definition) is 0. The Morgan fingerprint density at radius 2 is 1.62 bits per heavy atom. The number of allylic oxidation sites excluding steroid dienone is 1. The lowest BCUT2D eigenvalue weighted by Crippen LogP contribution is -2.48. The van der Waals surface area contributed by atoms with Gasteiger partial charge in [0, 0.05) is 43.5 Å². The van der Waals surface area contributed by atoms with Crippen molar-refractivity contribution in [3.8, 4) is 23.3 Å². The monoisotopic (exact) mass is 412 g/mol. The Hall–Kier alpha value is -2.95. The van der Waals surface area contributed by atoms with Crippen molar-refractivity contribution >= 4 is 15.7 Å². The molecule has 3 rings (SSSR count). The van der Waals surface area contributed by atoms with Crippen molar-refractivity contribution in [2.45, 2.75) is 0 Å². The smallest absolute Gasteiger partial charge is 0.236 e. The zero-order chi connectivity index (χ0) is 20.7. The van der Waals surface area contributed by atoms with Gasteiger partial charge in [0.05, 0.1) is 19.6 Å². The highest BCUT2D eigenvalue weighted by atomic mass is 32.2. The molecule has 1 heterocycles. The van der Waals surface area contributed by atoms with Crippen LogP contribution in [0.4, 0.5) is 5.69 Å². The summed E-state index contributed by atoms with van der Waals surface area (Å²) in [6.45, 7) is 2.13. The molecule has 0 aliphatic carbocycles. The van der Waals surface area contributed by atoms with E-state index in [9.17, 15) is 8.42 Å². The minimum atomic E-state index is -3.49. The molecule has 0 N–H and O–H groups in total. The van der Waals surface area contributed by atoms with Gasteiger partial charge in [-0.2, -0.15) is 4.31 Å². The molecule has 1 aliphatic heterocycles. The van der Waals surface area contributed by atoms with Crippen LogP contribution in [-0.4, -0.2) is 53.1 Å². The molecule has 29 heavy (non-hydrogen) atoms. The van der Waals surface area contributed by atoms with E-state index in [0.29, 0.717) is 31.9 Å². The summed E-state index contributed by atoms with van der Waals surface area (Å²) in [4.78, 5) is 2.16. The number of sulfonamides is 1. The van der Waals surface area contributed by atoms with E-state index in [0.717, 1.165) is 17.0 Å². The molecule has 1 aliphatic rings. The average molecular weight is 413 g/mol. The van der Waals surface area contributed by atoms with E-state index in [2.05, 4.69) is 16.7 Å². The van der Waals surface area contributed by atoms with Gasteiger partial charge in [0.1, 0.15) is 11.5 Å². The molecule has 2 aromatic rings. The third kappa shape index (κ3) is 5.53. The number of methoxy groups -OCH3 is 2. The van der Waals surface area contributed by atoms with E-state index in [-0.39, 0.29) is 0 Å². The Balaban J connectivity index is 1.58. The molecule has 2 aromatic carbocycles. The average Bonchev–Trinajstić information content (AvgIpc) is 2.77. The molecule has 0 amide bonds. The maximum atomic E-state index is 12.5. The van der Waals surface area contributed by atoms with Crippen LogP contribution in [0.1, 0.15) is 5.56 Å². The zero-order valence-electron chi connectivity index (χ0n) is 16.5. The maximum absolute atomic E-state index is 12.5. The van der Waals surface area contributed by atoms with Crippen LogP contribution in [0.25, 0.3) is 0 Å². The van der Waals surface area contributed by atoms with Gasteiger partial charge in [-0.15, -0.1) is 0 Å². The second kappa shape index (κ2) is 9.50. The molecule has 6 nitrogen and oxygen atoms in total. The van der Waals surface area contributed by atoms with Gasteiger partial charge in [0.15, 0.2) is 0 Å². The van der Waals surface area contributed by atoms with E-state index in [1.807, 2.05) is 42.5 Å². The van der Waals surface area contributed by atoms with E-state index in [4.69, 9.17) is 9.47 Å². The molecule has 0 radical (unpaired) electrons. The van der Waals surface area contributed by atoms with Crippen molar-refractivity contribution in [2.24, 2.45) is 0 Å². The van der Waals surface area contributed by atoms with E-state index < -0.39 is 10.0 Å². The van der Waals surface area contributed by atoms with Gasteiger partial charge in [-0.05, 0) is 42.5 Å². The van der Waals surface area contributed by atoms with Crippen molar-refractivity contribution in [1.82, 2.24) is 4.31 Å². The van der Waals surface area contributed by atoms with Crippen LogP contribution in [0.15, 0.2) is 60.0 Å². The number of piperazine rings is 1. The molecular weight excluding hydrogens is 388 g/mol. The second-order valence-corrected chi connectivity index (χ2v) is 8.25. The molecule has 0 spiro atoms. The predicted molar refractivity (Wildman–Crippen MR) is 115 cm³/mol. The third-order valence-corrected chi connectivity index (χ3v) is 6.21. The molecule has 0 aromatic heterocycles. The lowest BCUT2D eigenvalue weighted by molar-refractivity contribution is 0.389. The second-order valence-electron chi connectivity index (χ2n) is 6.43. The quantitative estimate of drug-likeness (QED) is 0.707. The number of anilines is 1. The summed E-state index contributed by atoms with van der Waals surface area (Å²) in [5.41, 5.74) is 1.82. The summed E-state index contributed by atoms with van der Waals surface area (Å²) in [5.74, 6) is 7.21. The third-order valence-electron chi connectivity index (χ3n) is 4.65. The van der Waals surface area contributed by atoms with Crippen molar-refractivity contribution in [3.05, 3.63) is 65.6 Å². The van der Waals surface area contributed by atoms with Crippen LogP contribution in [0, 0.1) is 11.8 Å². The SMILES string of the molecule is COc1ccc(N2CCN(S(=O)(=O)C=CC#Cc3cccc(OC)c3)CC2)cc1. The summed E-state index contributed by atoms with van der Waals surface area (Å²) in [5, 5.41) is 1.17. The topological polar surface area (TPSA) is 59.1 Å². The van der Waals surface area contributed by atoms with E-state index in [1.54, 1.807) is 20.3 Å². The minimum absolute atomic E-state index is 0.433. The lowest BCUT2D eigenvalue weighted by atomic mass is 10.2. The fraction of sp³-hybridized carbons (Fsp3) is 0.273. The standard InChI is InChI=1S/C22H24N2O4S/c1-27-21-11-9-20(10-12-21)23-13-15-24(16-14-23)29(25,26)17-4-3-6-19-7-5-8-22(18-19)28-2/h4-5,7-12,17-18H,13-16H2,1-2H3. The van der Waals surface area contributed by atoms with Gasteiger partial charge in [-0.25, -0.2) is 8.42 Å². The molecule has 1 saturated heterocycles. The van der Waals surface area contributed by atoms with Crippen LogP contribution >= 0.6 is 0 Å². The number of rotatable bonds is 5. The van der Waals surface area contributed by atoms with Crippen molar-refractivity contribution < 1.29 is 17.9 Å². The van der Waals surface area contributed by atoms with Crippen molar-refractivity contribution in [2.75, 3.05) is 45.3 Å². The summed E-state index contributed by atoms with van der Waals surface area (Å²) in [6, 6.07) is 15.1. The first-order valence-corrected chi connectivity index (χ1v) is 10.7. The van der Waals surface area contributed by atoms with Crippen molar-refractivity contribution in [3.63, 3.8) is 0 Å². The summed E-state index contributed by atoms with van der Waals surface area (Å²) < 4.78 is 36.9. The Morgan fingerprint density at radius 1 is 0.931 bits per heavy atom. The largest absolute Gasteiger partial charge is 0.497 e. The van der Waals surface area contributed by atoms with E-state index in [1.165, 1.54) is 15.8 Å². The highest BCUT2D eigenvalue weighted by Crippen LogP contribution is 2.21. The van der Waals surface area contributed by atoms with Gasteiger partial charge >= 0.3 is 0 Å². The normalized spacial score (nSPS) is 15.0. The summed E-state index contributed by atoms with van der Waals surface area (Å²) in [6.07, 6.45) is 1.38. The highest BCUT2D eigenvalue weighted by Gasteiger charge is 2.25. The number of benzene rings is 2. The van der Waals surface area contributed by atoms with Gasteiger partial charge in [0.25, 0.3) is 0 Å². The fourth-order valence-electron chi connectivity index (χ4n) is 3.03. The Morgan fingerprint density at radius 3 is 2.28 bits per heavy atom. The molecule has 0 unspecified atom stereocenters. The highest BCUT2D eigenvalue weighted by molar-refractivity contribution is 7.92. The first kappa shape index (κ1) is 20.8. The zero-order valence-corrected chi connectivity index (χ0v) is 17.4. The number of nitrogens with zero attached hydrogens (tertiary/aromatic N) is 2. The Bertz CT molecular complexity index is 1010. The summed E-state index contributed by atoms with van der Waals surface area (Å²) >= 11 is 0. The van der Waals surface area contributed by atoms with Crippen molar-refractivity contribution in [1.29, 1.82) is 0 Å². The van der Waals surface area contributed by atoms with Gasteiger partial charge < -0.3 is 14.4 Å². The van der Waals surface area contributed by atoms with E-state index >= 15 is 0 Å². The molecule has 7 heteroatoms. The van der Waals surface area contributed by atoms with Gasteiger partial charge in [-0.3, -0.25) is 0 Å². The van der Waals surface area contributed by atoms with Gasteiger partial charge in [0.2, 0.25) is 10.0 Å². The molecule has 0 bridgehead atoms. The molecule has 0 saturated carbocycles. The molecule has 1 fully saturated rings. The summed E-state index contributed by atoms with van der Waals surface area (Å²) in [7, 11) is -0.265. The van der Waals surface area contributed by atoms with Gasteiger partial charge in [-0.1, -0.05) is 17.9 Å². The molecule has 152 valence electrons. The fourth-order valence-corrected chi connectivity index (χ4v) is 4.11. The predicted octanol–water partition coefficient (Wildman–Crippen LogP) is 2.72. The number of ether oxygens (including phenoxy) is 2. The first-order chi connectivity index (χ1) is 14.0. The Kier molecular flexibility index (Phi) is 6.81. The Labute approximate surface area is 172 Å². The first-order valence-electron chi connectivity index (χ1n) is 9.23. The minimum Gasteiger partial charge on any atom is -0.497 e. The molecular formula is C22H24N2O4S. The van der Waals surface area contributed by atoms with Crippen LogP contribution in [0.2, 0.25) is 0 Å². The van der Waals surface area contributed by atoms with Crippen LogP contribution in [0.3, 0.4) is 0 Å². The van der Waals surface area contributed by atoms with Crippen LogP contribution < -0.4 is 14.4 Å². The maximum Gasteiger partial charge on any atom is 0.236 e.